The Morgan fingerprint density at radius 3 is 2.85 bits per heavy atom. The van der Waals surface area contributed by atoms with Crippen LogP contribution in [-0.2, 0) is 0 Å². The van der Waals surface area contributed by atoms with E-state index in [1.54, 1.807) is 25.2 Å². The lowest BCUT2D eigenvalue weighted by Gasteiger charge is -2.27. The molecule has 7 heteroatoms. The van der Waals surface area contributed by atoms with Gasteiger partial charge in [0.25, 0.3) is 0 Å². The molecule has 4 rings (SSSR count). The molecule has 1 fully saturated rings. The summed E-state index contributed by atoms with van der Waals surface area (Å²) in [5.41, 5.74) is 5.60. The molecule has 140 valence electrons. The number of hydrogen-bond donors (Lipinski definition) is 1. The number of aromatic nitrogens is 2. The summed E-state index contributed by atoms with van der Waals surface area (Å²) < 4.78 is 12.5. The highest BCUT2D eigenvalue weighted by molar-refractivity contribution is 5.85. The van der Waals surface area contributed by atoms with E-state index in [-0.39, 0.29) is 12.1 Å². The molecule has 2 amide bonds. The van der Waals surface area contributed by atoms with Gasteiger partial charge in [0.15, 0.2) is 0 Å². The van der Waals surface area contributed by atoms with Crippen LogP contribution in [0.1, 0.15) is 24.4 Å². The smallest absolute Gasteiger partial charge is 0.337 e. The van der Waals surface area contributed by atoms with E-state index < -0.39 is 0 Å². The highest BCUT2D eigenvalue weighted by atomic mass is 16.5. The second kappa shape index (κ2) is 7.19. The molecule has 2 aromatic carbocycles. The highest BCUT2D eigenvalue weighted by Crippen LogP contribution is 2.38. The summed E-state index contributed by atoms with van der Waals surface area (Å²) in [5.74, 6) is 1.51. The number of amides is 2. The molecule has 1 N–H and O–H groups in total. The van der Waals surface area contributed by atoms with Crippen LogP contribution in [-0.4, -0.2) is 41.4 Å². The lowest BCUT2D eigenvalue weighted by molar-refractivity contribution is 0.203. The Hall–Kier alpha value is -3.22. The van der Waals surface area contributed by atoms with Crippen molar-refractivity contribution in [3.63, 3.8) is 0 Å². The summed E-state index contributed by atoms with van der Waals surface area (Å²) in [4.78, 5) is 19.1. The minimum Gasteiger partial charge on any atom is -0.497 e. The van der Waals surface area contributed by atoms with Crippen LogP contribution in [0.25, 0.3) is 11.0 Å². The number of benzene rings is 2. The minimum atomic E-state index is -0.162. The number of imidazole rings is 1. The number of carbonyl (C=O) groups excluding carboxylic acids is 1. The predicted octanol–water partition coefficient (Wildman–Crippen LogP) is 3.55. The average molecular weight is 366 g/mol. The van der Waals surface area contributed by atoms with Crippen LogP contribution < -0.4 is 14.9 Å². The van der Waals surface area contributed by atoms with Crippen LogP contribution in [0.5, 0.6) is 11.5 Å². The Labute approximate surface area is 157 Å². The number of hydrogen-bond acceptors (Lipinski definition) is 4. The van der Waals surface area contributed by atoms with E-state index in [9.17, 15) is 4.79 Å². The number of rotatable bonds is 4. The molecule has 1 saturated heterocycles. The fraction of sp³-hybridized carbons (Fsp3) is 0.300. The van der Waals surface area contributed by atoms with E-state index in [2.05, 4.69) is 10.4 Å². The quantitative estimate of drug-likeness (QED) is 0.767. The van der Waals surface area contributed by atoms with Gasteiger partial charge in [-0.2, -0.15) is 0 Å². The number of fused-ring (bicyclic) bond motifs is 1. The molecule has 3 aromatic rings. The van der Waals surface area contributed by atoms with Crippen molar-refractivity contribution < 1.29 is 14.3 Å². The topological polar surface area (TPSA) is 68.6 Å². The van der Waals surface area contributed by atoms with Gasteiger partial charge in [-0.15, -0.1) is 0 Å². The van der Waals surface area contributed by atoms with Gasteiger partial charge in [-0.25, -0.2) is 19.9 Å². The van der Waals surface area contributed by atoms with Crippen molar-refractivity contribution in [3.05, 3.63) is 54.4 Å². The number of nitrogens with one attached hydrogen (secondary N) is 1. The lowest BCUT2D eigenvalue weighted by atomic mass is 10.0. The van der Waals surface area contributed by atoms with E-state index in [0.29, 0.717) is 6.54 Å². The zero-order valence-electron chi connectivity index (χ0n) is 15.4. The molecule has 1 atom stereocenters. The van der Waals surface area contributed by atoms with Gasteiger partial charge >= 0.3 is 6.03 Å². The van der Waals surface area contributed by atoms with Crippen molar-refractivity contribution >= 4 is 17.1 Å². The monoisotopic (exact) mass is 366 g/mol. The maximum atomic E-state index is 13.0. The van der Waals surface area contributed by atoms with E-state index in [4.69, 9.17) is 9.47 Å². The highest BCUT2D eigenvalue weighted by Gasteiger charge is 2.32. The normalized spacial score (nSPS) is 16.5. The van der Waals surface area contributed by atoms with Crippen LogP contribution in [0.2, 0.25) is 0 Å². The van der Waals surface area contributed by atoms with Gasteiger partial charge in [-0.3, -0.25) is 0 Å². The van der Waals surface area contributed by atoms with Gasteiger partial charge in [-0.1, -0.05) is 12.1 Å². The molecule has 1 aliphatic heterocycles. The van der Waals surface area contributed by atoms with Crippen LogP contribution in [0.4, 0.5) is 4.79 Å². The summed E-state index contributed by atoms with van der Waals surface area (Å²) in [6.07, 6.45) is 3.44. The van der Waals surface area contributed by atoms with Crippen LogP contribution in [0.3, 0.4) is 0 Å². The summed E-state index contributed by atoms with van der Waals surface area (Å²) in [5, 5.41) is 0. The summed E-state index contributed by atoms with van der Waals surface area (Å²) in [6.45, 7) is 0.684. The van der Waals surface area contributed by atoms with Gasteiger partial charge < -0.3 is 14.4 Å². The second-order valence-electron chi connectivity index (χ2n) is 6.48. The first-order chi connectivity index (χ1) is 13.2. The minimum absolute atomic E-state index is 0.0650. The number of likely N-dealkylation sites (tertiary alicyclic amines) is 1. The van der Waals surface area contributed by atoms with E-state index in [1.807, 2.05) is 47.4 Å². The number of urea groups is 1. The van der Waals surface area contributed by atoms with Gasteiger partial charge in [-0.05, 0) is 43.2 Å². The van der Waals surface area contributed by atoms with Crippen molar-refractivity contribution in [2.45, 2.75) is 18.9 Å². The van der Waals surface area contributed by atoms with Crippen molar-refractivity contribution in [2.24, 2.45) is 0 Å². The molecule has 27 heavy (non-hydrogen) atoms. The fourth-order valence-electron chi connectivity index (χ4n) is 3.65. The first-order valence-corrected chi connectivity index (χ1v) is 8.93. The zero-order chi connectivity index (χ0) is 18.8. The van der Waals surface area contributed by atoms with Gasteiger partial charge in [0.2, 0.25) is 0 Å². The molecule has 0 radical (unpaired) electrons. The van der Waals surface area contributed by atoms with E-state index >= 15 is 0 Å². The van der Waals surface area contributed by atoms with Crippen LogP contribution in [0.15, 0.2) is 48.8 Å². The standard InChI is InChI=1S/C20H22N4O3/c1-26-14-9-10-19(27-2)15(12-14)17-8-5-11-23(17)20(25)22-24-13-21-16-6-3-4-7-18(16)24/h3-4,6-7,9-10,12-13,17H,5,8,11H2,1-2H3,(H,22,25). The molecule has 7 nitrogen and oxygen atoms in total. The molecule has 0 bridgehead atoms. The Morgan fingerprint density at radius 2 is 2.04 bits per heavy atom. The molecule has 0 spiro atoms. The Bertz CT molecular complexity index is 969. The Kier molecular flexibility index (Phi) is 4.58. The molecule has 1 aliphatic rings. The molecular formula is C20H22N4O3. The predicted molar refractivity (Wildman–Crippen MR) is 103 cm³/mol. The van der Waals surface area contributed by atoms with Gasteiger partial charge in [0, 0.05) is 12.1 Å². The van der Waals surface area contributed by atoms with Crippen molar-refractivity contribution in [3.8, 4) is 11.5 Å². The Balaban J connectivity index is 1.60. The van der Waals surface area contributed by atoms with Crippen molar-refractivity contribution in [2.75, 3.05) is 26.2 Å². The molecule has 0 aliphatic carbocycles. The van der Waals surface area contributed by atoms with E-state index in [0.717, 1.165) is 40.9 Å². The third-order valence-corrected chi connectivity index (χ3v) is 4.98. The number of para-hydroxylation sites is 2. The van der Waals surface area contributed by atoms with Gasteiger partial charge in [0.1, 0.15) is 17.8 Å². The fourth-order valence-corrected chi connectivity index (χ4v) is 3.65. The molecular weight excluding hydrogens is 344 g/mol. The first-order valence-electron chi connectivity index (χ1n) is 8.93. The molecule has 1 unspecified atom stereocenters. The number of methoxy groups -OCH3 is 2. The average Bonchev–Trinajstić information content (AvgIpc) is 3.35. The third kappa shape index (κ3) is 3.16. The van der Waals surface area contributed by atoms with Gasteiger partial charge in [0.05, 0.1) is 31.3 Å². The molecule has 1 aromatic heterocycles. The SMILES string of the molecule is COc1ccc(OC)c(C2CCCN2C(=O)Nn2cnc3ccccc32)c1. The first kappa shape index (κ1) is 17.2. The number of nitrogens with zero attached hydrogens (tertiary/aromatic N) is 3. The van der Waals surface area contributed by atoms with Crippen molar-refractivity contribution in [1.29, 1.82) is 0 Å². The molecule has 2 heterocycles. The maximum absolute atomic E-state index is 13.0. The largest absolute Gasteiger partial charge is 0.497 e. The second-order valence-corrected chi connectivity index (χ2v) is 6.48. The summed E-state index contributed by atoms with van der Waals surface area (Å²) in [6, 6.07) is 13.1. The van der Waals surface area contributed by atoms with Crippen LogP contribution >= 0.6 is 0 Å². The number of carbonyl (C=O) groups is 1. The Morgan fingerprint density at radius 1 is 1.19 bits per heavy atom. The number of ether oxygens (including phenoxy) is 2. The molecule has 0 saturated carbocycles. The summed E-state index contributed by atoms with van der Waals surface area (Å²) >= 11 is 0. The summed E-state index contributed by atoms with van der Waals surface area (Å²) in [7, 11) is 3.27. The van der Waals surface area contributed by atoms with Crippen molar-refractivity contribution in [1.82, 2.24) is 14.6 Å². The van der Waals surface area contributed by atoms with E-state index in [1.165, 1.54) is 0 Å². The zero-order valence-corrected chi connectivity index (χ0v) is 15.4. The lowest BCUT2D eigenvalue weighted by Crippen LogP contribution is -2.38. The third-order valence-electron chi connectivity index (χ3n) is 4.98. The van der Waals surface area contributed by atoms with Crippen LogP contribution in [0, 0.1) is 0 Å². The maximum Gasteiger partial charge on any atom is 0.337 e.